The zero-order chi connectivity index (χ0) is 14.8. The van der Waals surface area contributed by atoms with Crippen molar-refractivity contribution in [1.82, 2.24) is 20.3 Å². The summed E-state index contributed by atoms with van der Waals surface area (Å²) >= 11 is 0. The summed E-state index contributed by atoms with van der Waals surface area (Å²) in [6, 6.07) is 0.355. The number of nitrogens with one attached hydrogen (secondary N) is 2. The molecule has 1 aliphatic carbocycles. The minimum atomic E-state index is -0.0740. The van der Waals surface area contributed by atoms with Crippen molar-refractivity contribution >= 4 is 23.0 Å². The third-order valence-electron chi connectivity index (χ3n) is 3.15. The van der Waals surface area contributed by atoms with Crippen molar-refractivity contribution in [2.24, 2.45) is 0 Å². The highest BCUT2D eigenvalue weighted by atomic mass is 16.5. The van der Waals surface area contributed by atoms with Crippen LogP contribution in [0.4, 0.5) is 0 Å². The molecule has 21 heavy (non-hydrogen) atoms. The molecular formula is C15H18N4O2. The molecule has 2 N–H and O–H groups in total. The van der Waals surface area contributed by atoms with Gasteiger partial charge in [0.05, 0.1) is 11.5 Å². The third-order valence-corrected chi connectivity index (χ3v) is 3.15. The first-order chi connectivity index (χ1) is 10.1. The van der Waals surface area contributed by atoms with Crippen molar-refractivity contribution in [3.63, 3.8) is 0 Å². The molecule has 6 nitrogen and oxygen atoms in total. The minimum Gasteiger partial charge on any atom is -0.474 e. The number of aromatic amines is 1. The van der Waals surface area contributed by atoms with Gasteiger partial charge < -0.3 is 15.0 Å². The monoisotopic (exact) mass is 286 g/mol. The summed E-state index contributed by atoms with van der Waals surface area (Å²) in [5, 5.41) is 3.71. The maximum absolute atomic E-state index is 11.7. The second kappa shape index (κ2) is 5.55. The lowest BCUT2D eigenvalue weighted by molar-refractivity contribution is -0.116. The zero-order valence-corrected chi connectivity index (χ0v) is 12.1. The van der Waals surface area contributed by atoms with E-state index in [-0.39, 0.29) is 12.0 Å². The maximum atomic E-state index is 11.7. The van der Waals surface area contributed by atoms with Crippen LogP contribution >= 0.6 is 0 Å². The molecule has 2 aromatic rings. The molecule has 0 spiro atoms. The van der Waals surface area contributed by atoms with Gasteiger partial charge in [0.2, 0.25) is 11.8 Å². The van der Waals surface area contributed by atoms with E-state index in [2.05, 4.69) is 20.3 Å². The smallest absolute Gasteiger partial charge is 0.244 e. The lowest BCUT2D eigenvalue weighted by Crippen LogP contribution is -2.22. The van der Waals surface area contributed by atoms with Crippen LogP contribution in [0.5, 0.6) is 5.88 Å². The quantitative estimate of drug-likeness (QED) is 0.824. The number of hydrogen-bond acceptors (Lipinski definition) is 4. The number of nitrogens with zero attached hydrogens (tertiary/aromatic N) is 2. The summed E-state index contributed by atoms with van der Waals surface area (Å²) in [6.45, 7) is 3.89. The number of amides is 1. The van der Waals surface area contributed by atoms with Crippen LogP contribution in [0, 0.1) is 0 Å². The second-order valence-corrected chi connectivity index (χ2v) is 5.43. The predicted octanol–water partition coefficient (Wildman–Crippen LogP) is 2.04. The molecule has 6 heteroatoms. The van der Waals surface area contributed by atoms with Crippen molar-refractivity contribution in [3.05, 3.63) is 24.2 Å². The van der Waals surface area contributed by atoms with Gasteiger partial charge >= 0.3 is 0 Å². The SMILES string of the molecule is CC(C)Oc1ncnc2[nH]cc(C=CC(=O)NC3CC3)c12. The fourth-order valence-corrected chi connectivity index (χ4v) is 2.04. The number of carbonyl (C=O) groups excluding carboxylic acids is 1. The van der Waals surface area contributed by atoms with Crippen LogP contribution in [0.2, 0.25) is 0 Å². The number of carbonyl (C=O) groups is 1. The van der Waals surface area contributed by atoms with E-state index in [0.717, 1.165) is 23.8 Å². The maximum Gasteiger partial charge on any atom is 0.244 e. The second-order valence-electron chi connectivity index (χ2n) is 5.43. The van der Waals surface area contributed by atoms with Gasteiger partial charge in [-0.25, -0.2) is 9.97 Å². The van der Waals surface area contributed by atoms with Gasteiger partial charge in [0.15, 0.2) is 0 Å². The molecule has 2 heterocycles. The molecule has 0 aliphatic heterocycles. The molecule has 0 unspecified atom stereocenters. The van der Waals surface area contributed by atoms with Gasteiger partial charge in [-0.3, -0.25) is 4.79 Å². The highest BCUT2D eigenvalue weighted by Crippen LogP contribution is 2.26. The Kier molecular flexibility index (Phi) is 3.60. The van der Waals surface area contributed by atoms with Crippen LogP contribution in [0.1, 0.15) is 32.3 Å². The van der Waals surface area contributed by atoms with Gasteiger partial charge in [0, 0.05) is 23.9 Å². The molecule has 0 atom stereocenters. The Morgan fingerprint density at radius 1 is 1.48 bits per heavy atom. The molecule has 110 valence electrons. The lowest BCUT2D eigenvalue weighted by atomic mass is 10.2. The first-order valence-corrected chi connectivity index (χ1v) is 7.11. The molecule has 1 aliphatic rings. The van der Waals surface area contributed by atoms with Crippen molar-refractivity contribution < 1.29 is 9.53 Å². The molecule has 0 saturated heterocycles. The minimum absolute atomic E-state index is 0.0213. The molecule has 0 radical (unpaired) electrons. The average molecular weight is 286 g/mol. The zero-order valence-electron chi connectivity index (χ0n) is 12.1. The van der Waals surface area contributed by atoms with E-state index in [4.69, 9.17) is 4.74 Å². The van der Waals surface area contributed by atoms with E-state index in [1.165, 1.54) is 12.4 Å². The standard InChI is InChI=1S/C15H18N4O2/c1-9(2)21-15-13-10(7-16-14(13)17-8-18-15)3-6-12(20)19-11-4-5-11/h3,6-9,11H,4-5H2,1-2H3,(H,19,20)(H,16,17,18). The van der Waals surface area contributed by atoms with Crippen LogP contribution in [-0.4, -0.2) is 33.0 Å². The number of H-pyrrole nitrogens is 1. The number of ether oxygens (including phenoxy) is 1. The van der Waals surface area contributed by atoms with Crippen LogP contribution in [0.25, 0.3) is 17.1 Å². The third kappa shape index (κ3) is 3.21. The highest BCUT2D eigenvalue weighted by molar-refractivity contribution is 5.97. The number of rotatable bonds is 5. The summed E-state index contributed by atoms with van der Waals surface area (Å²) in [5.41, 5.74) is 1.54. The topological polar surface area (TPSA) is 79.9 Å². The highest BCUT2D eigenvalue weighted by Gasteiger charge is 2.22. The Morgan fingerprint density at radius 2 is 2.29 bits per heavy atom. The molecule has 1 saturated carbocycles. The first-order valence-electron chi connectivity index (χ1n) is 7.11. The van der Waals surface area contributed by atoms with E-state index in [1.54, 1.807) is 12.3 Å². The van der Waals surface area contributed by atoms with Crippen molar-refractivity contribution in [2.75, 3.05) is 0 Å². The van der Waals surface area contributed by atoms with Crippen LogP contribution < -0.4 is 10.1 Å². The van der Waals surface area contributed by atoms with E-state index < -0.39 is 0 Å². The van der Waals surface area contributed by atoms with Crippen molar-refractivity contribution in [3.8, 4) is 5.88 Å². The van der Waals surface area contributed by atoms with Crippen LogP contribution in [0.15, 0.2) is 18.6 Å². The average Bonchev–Trinajstić information content (AvgIpc) is 3.14. The van der Waals surface area contributed by atoms with E-state index in [0.29, 0.717) is 17.6 Å². The summed E-state index contributed by atoms with van der Waals surface area (Å²) in [7, 11) is 0. The largest absolute Gasteiger partial charge is 0.474 e. The van der Waals surface area contributed by atoms with Crippen LogP contribution in [-0.2, 0) is 4.79 Å². The Labute approximate surface area is 122 Å². The van der Waals surface area contributed by atoms with Crippen molar-refractivity contribution in [2.45, 2.75) is 38.8 Å². The molecule has 0 bridgehead atoms. The van der Waals surface area contributed by atoms with Gasteiger partial charge in [0.25, 0.3) is 0 Å². The summed E-state index contributed by atoms with van der Waals surface area (Å²) in [4.78, 5) is 23.1. The molecule has 0 aromatic carbocycles. The summed E-state index contributed by atoms with van der Waals surface area (Å²) in [6.07, 6.45) is 8.73. The van der Waals surface area contributed by atoms with Crippen LogP contribution in [0.3, 0.4) is 0 Å². The molecular weight excluding hydrogens is 268 g/mol. The van der Waals surface area contributed by atoms with Crippen molar-refractivity contribution in [1.29, 1.82) is 0 Å². The molecule has 1 amide bonds. The van der Waals surface area contributed by atoms with Gasteiger partial charge in [-0.05, 0) is 32.8 Å². The number of aromatic nitrogens is 3. The van der Waals surface area contributed by atoms with Gasteiger partial charge in [0.1, 0.15) is 12.0 Å². The summed E-state index contributed by atoms with van der Waals surface area (Å²) < 4.78 is 5.70. The fourth-order valence-electron chi connectivity index (χ4n) is 2.04. The number of fused-ring (bicyclic) bond motifs is 1. The normalized spacial score (nSPS) is 15.0. The molecule has 1 fully saturated rings. The Balaban J connectivity index is 1.87. The Bertz CT molecular complexity index is 686. The Morgan fingerprint density at radius 3 is 3.00 bits per heavy atom. The van der Waals surface area contributed by atoms with E-state index >= 15 is 0 Å². The first kappa shape index (κ1) is 13.6. The fraction of sp³-hybridized carbons (Fsp3) is 0.400. The predicted molar refractivity (Wildman–Crippen MR) is 79.9 cm³/mol. The molecule has 3 rings (SSSR count). The van der Waals surface area contributed by atoms with Gasteiger partial charge in [-0.1, -0.05) is 0 Å². The van der Waals surface area contributed by atoms with Gasteiger partial charge in [-0.2, -0.15) is 0 Å². The van der Waals surface area contributed by atoms with E-state index in [1.807, 2.05) is 13.8 Å². The molecule has 2 aromatic heterocycles. The van der Waals surface area contributed by atoms with Gasteiger partial charge in [-0.15, -0.1) is 0 Å². The van der Waals surface area contributed by atoms with E-state index in [9.17, 15) is 4.79 Å². The number of hydrogen-bond donors (Lipinski definition) is 2. The lowest BCUT2D eigenvalue weighted by Gasteiger charge is -2.09. The summed E-state index contributed by atoms with van der Waals surface area (Å²) in [5.74, 6) is 0.452. The Hall–Kier alpha value is -2.37.